The lowest BCUT2D eigenvalue weighted by Crippen LogP contribution is -2.35. The zero-order chi connectivity index (χ0) is 23.4. The van der Waals surface area contributed by atoms with Crippen molar-refractivity contribution in [3.8, 4) is 11.3 Å². The van der Waals surface area contributed by atoms with Crippen LogP contribution in [-0.2, 0) is 17.6 Å². The SMILES string of the molecule is CCO[C@@H]1CN(c2cccnc2)C[C@H]1Nc1nc(CC)c(-c2ccc(Cl)cc2Cl)nc1CC. The Morgan fingerprint density at radius 2 is 1.88 bits per heavy atom. The summed E-state index contributed by atoms with van der Waals surface area (Å²) in [5.41, 5.74) is 4.56. The third kappa shape index (κ3) is 5.24. The Balaban J connectivity index is 1.65. The van der Waals surface area contributed by atoms with Crippen molar-refractivity contribution in [3.63, 3.8) is 0 Å². The molecule has 1 fully saturated rings. The van der Waals surface area contributed by atoms with Crippen molar-refractivity contribution < 1.29 is 4.74 Å². The Morgan fingerprint density at radius 1 is 1.06 bits per heavy atom. The fourth-order valence-corrected chi connectivity index (χ4v) is 4.73. The third-order valence-electron chi connectivity index (χ3n) is 5.88. The fourth-order valence-electron chi connectivity index (χ4n) is 4.23. The smallest absolute Gasteiger partial charge is 0.148 e. The quantitative estimate of drug-likeness (QED) is 0.442. The van der Waals surface area contributed by atoms with Crippen LogP contribution >= 0.6 is 23.2 Å². The first-order valence-electron chi connectivity index (χ1n) is 11.4. The van der Waals surface area contributed by atoms with Crippen molar-refractivity contribution in [2.24, 2.45) is 0 Å². The molecule has 1 N–H and O–H groups in total. The largest absolute Gasteiger partial charge is 0.374 e. The van der Waals surface area contributed by atoms with Crippen molar-refractivity contribution >= 4 is 34.7 Å². The number of nitrogens with zero attached hydrogens (tertiary/aromatic N) is 4. The Hall–Kier alpha value is -2.41. The van der Waals surface area contributed by atoms with Crippen molar-refractivity contribution in [1.82, 2.24) is 15.0 Å². The minimum absolute atomic E-state index is 0.0391. The molecule has 4 rings (SSSR count). The molecule has 3 heterocycles. The van der Waals surface area contributed by atoms with Crippen LogP contribution in [-0.4, -0.2) is 46.8 Å². The maximum absolute atomic E-state index is 6.50. The molecule has 0 radical (unpaired) electrons. The lowest BCUT2D eigenvalue weighted by atomic mass is 10.1. The van der Waals surface area contributed by atoms with E-state index in [1.165, 1.54) is 0 Å². The zero-order valence-electron chi connectivity index (χ0n) is 19.2. The number of aryl methyl sites for hydroxylation is 2. The van der Waals surface area contributed by atoms with E-state index in [-0.39, 0.29) is 12.1 Å². The molecule has 1 saturated heterocycles. The molecule has 1 aliphatic rings. The van der Waals surface area contributed by atoms with Gasteiger partial charge in [-0.25, -0.2) is 9.97 Å². The summed E-state index contributed by atoms with van der Waals surface area (Å²) < 4.78 is 6.09. The Bertz CT molecular complexity index is 1100. The van der Waals surface area contributed by atoms with Gasteiger partial charge in [0.2, 0.25) is 0 Å². The first kappa shape index (κ1) is 23.7. The molecule has 6 nitrogen and oxygen atoms in total. The predicted molar refractivity (Wildman–Crippen MR) is 136 cm³/mol. The molecular weight excluding hydrogens is 457 g/mol. The number of anilines is 2. The van der Waals surface area contributed by atoms with Gasteiger partial charge in [-0.3, -0.25) is 4.98 Å². The van der Waals surface area contributed by atoms with Gasteiger partial charge in [0.05, 0.1) is 46.1 Å². The lowest BCUT2D eigenvalue weighted by Gasteiger charge is -2.22. The highest BCUT2D eigenvalue weighted by Crippen LogP contribution is 2.33. The number of ether oxygens (including phenoxy) is 1. The van der Waals surface area contributed by atoms with Crippen LogP contribution in [0.1, 0.15) is 32.2 Å². The van der Waals surface area contributed by atoms with Gasteiger partial charge in [0.15, 0.2) is 0 Å². The van der Waals surface area contributed by atoms with Crippen LogP contribution in [0.15, 0.2) is 42.7 Å². The number of halogens is 2. The van der Waals surface area contributed by atoms with Gasteiger partial charge < -0.3 is 15.0 Å². The second-order valence-corrected chi connectivity index (χ2v) is 8.85. The van der Waals surface area contributed by atoms with E-state index in [2.05, 4.69) is 35.1 Å². The zero-order valence-corrected chi connectivity index (χ0v) is 20.7. The third-order valence-corrected chi connectivity index (χ3v) is 6.42. The van der Waals surface area contributed by atoms with Gasteiger partial charge in [-0.1, -0.05) is 37.0 Å². The summed E-state index contributed by atoms with van der Waals surface area (Å²) in [7, 11) is 0. The molecule has 1 aliphatic heterocycles. The van der Waals surface area contributed by atoms with E-state index < -0.39 is 0 Å². The molecule has 0 spiro atoms. The van der Waals surface area contributed by atoms with Gasteiger partial charge in [-0.2, -0.15) is 0 Å². The molecule has 2 aromatic heterocycles. The van der Waals surface area contributed by atoms with Gasteiger partial charge in [0.1, 0.15) is 5.82 Å². The van der Waals surface area contributed by atoms with Crippen molar-refractivity contribution in [3.05, 3.63) is 64.2 Å². The minimum Gasteiger partial charge on any atom is -0.374 e. The molecule has 0 aliphatic carbocycles. The summed E-state index contributed by atoms with van der Waals surface area (Å²) in [5.74, 6) is 0.811. The van der Waals surface area contributed by atoms with Crippen LogP contribution in [0.25, 0.3) is 11.3 Å². The van der Waals surface area contributed by atoms with Crippen LogP contribution in [0.4, 0.5) is 11.5 Å². The molecule has 1 aromatic carbocycles. The minimum atomic E-state index is 0.0391. The molecule has 33 heavy (non-hydrogen) atoms. The van der Waals surface area contributed by atoms with E-state index in [1.807, 2.05) is 31.3 Å². The second-order valence-electron chi connectivity index (χ2n) is 8.01. The number of aromatic nitrogens is 3. The summed E-state index contributed by atoms with van der Waals surface area (Å²) >= 11 is 12.6. The molecule has 0 saturated carbocycles. The highest BCUT2D eigenvalue weighted by atomic mass is 35.5. The molecule has 0 bridgehead atoms. The van der Waals surface area contributed by atoms with Crippen LogP contribution < -0.4 is 10.2 Å². The fraction of sp³-hybridized carbons (Fsp3) is 0.400. The van der Waals surface area contributed by atoms with E-state index in [0.717, 1.165) is 60.1 Å². The molecule has 3 aromatic rings. The van der Waals surface area contributed by atoms with Gasteiger partial charge >= 0.3 is 0 Å². The van der Waals surface area contributed by atoms with Crippen LogP contribution in [0.3, 0.4) is 0 Å². The normalized spacial score (nSPS) is 18.0. The Kier molecular flexibility index (Phi) is 7.68. The van der Waals surface area contributed by atoms with E-state index in [9.17, 15) is 0 Å². The average Bonchev–Trinajstić information content (AvgIpc) is 3.22. The van der Waals surface area contributed by atoms with Crippen molar-refractivity contribution in [2.45, 2.75) is 45.8 Å². The summed E-state index contributed by atoms with van der Waals surface area (Å²) in [6.45, 7) is 8.45. The molecule has 174 valence electrons. The first-order chi connectivity index (χ1) is 16.0. The summed E-state index contributed by atoms with van der Waals surface area (Å²) in [6, 6.07) is 9.61. The summed E-state index contributed by atoms with van der Waals surface area (Å²) in [4.78, 5) is 16.6. The molecular formula is C25H29Cl2N5O. The topological polar surface area (TPSA) is 63.2 Å². The number of benzene rings is 1. The number of rotatable bonds is 8. The van der Waals surface area contributed by atoms with Crippen LogP contribution in [0.5, 0.6) is 0 Å². The average molecular weight is 486 g/mol. The van der Waals surface area contributed by atoms with E-state index in [1.54, 1.807) is 12.3 Å². The van der Waals surface area contributed by atoms with Crippen molar-refractivity contribution in [2.75, 3.05) is 29.9 Å². The van der Waals surface area contributed by atoms with Gasteiger partial charge in [0, 0.05) is 36.5 Å². The number of hydrogen-bond donors (Lipinski definition) is 1. The van der Waals surface area contributed by atoms with E-state index in [0.29, 0.717) is 16.7 Å². The highest BCUT2D eigenvalue weighted by molar-refractivity contribution is 6.36. The monoisotopic (exact) mass is 485 g/mol. The highest BCUT2D eigenvalue weighted by Gasteiger charge is 2.34. The Labute approximate surface area is 205 Å². The number of nitrogens with one attached hydrogen (secondary N) is 1. The number of pyridine rings is 1. The maximum atomic E-state index is 6.50. The molecule has 2 atom stereocenters. The Morgan fingerprint density at radius 3 is 2.55 bits per heavy atom. The van der Waals surface area contributed by atoms with E-state index in [4.69, 9.17) is 37.9 Å². The van der Waals surface area contributed by atoms with Gasteiger partial charge in [0.25, 0.3) is 0 Å². The molecule has 0 unspecified atom stereocenters. The standard InChI is InChI=1S/C25H29Cl2N5O/c1-4-20-24(18-10-9-16(26)12-19(18)27)29-21(5-2)25(30-20)31-22-14-32(15-23(22)33-6-3)17-8-7-11-28-13-17/h7-13,22-23H,4-6,14-15H2,1-3H3,(H,30,31)/t22-,23-/m1/s1. The summed E-state index contributed by atoms with van der Waals surface area (Å²) in [6.07, 6.45) is 5.20. The predicted octanol–water partition coefficient (Wildman–Crippen LogP) is 5.68. The molecule has 0 amide bonds. The van der Waals surface area contributed by atoms with Gasteiger partial charge in [-0.15, -0.1) is 0 Å². The van der Waals surface area contributed by atoms with Crippen LogP contribution in [0, 0.1) is 0 Å². The van der Waals surface area contributed by atoms with Gasteiger partial charge in [-0.05, 0) is 50.1 Å². The maximum Gasteiger partial charge on any atom is 0.148 e. The summed E-state index contributed by atoms with van der Waals surface area (Å²) in [5, 5.41) is 4.84. The lowest BCUT2D eigenvalue weighted by molar-refractivity contribution is 0.0719. The number of hydrogen-bond acceptors (Lipinski definition) is 6. The van der Waals surface area contributed by atoms with Crippen molar-refractivity contribution in [1.29, 1.82) is 0 Å². The molecule has 8 heteroatoms. The second kappa shape index (κ2) is 10.7. The van der Waals surface area contributed by atoms with Crippen LogP contribution in [0.2, 0.25) is 10.0 Å². The first-order valence-corrected chi connectivity index (χ1v) is 12.2. The van der Waals surface area contributed by atoms with E-state index >= 15 is 0 Å².